The van der Waals surface area contributed by atoms with Crippen LogP contribution in [0.1, 0.15) is 17.3 Å². The first-order chi connectivity index (χ1) is 14.5. The zero-order chi connectivity index (χ0) is 21.3. The maximum atomic E-state index is 12.3. The van der Waals surface area contributed by atoms with Crippen LogP contribution in [0.15, 0.2) is 60.7 Å². The van der Waals surface area contributed by atoms with Gasteiger partial charge in [-0.3, -0.25) is 4.79 Å². The fourth-order valence-corrected chi connectivity index (χ4v) is 3.67. The van der Waals surface area contributed by atoms with Gasteiger partial charge < -0.3 is 20.4 Å². The average molecular weight is 422 g/mol. The largest absolute Gasteiger partial charge is 0.452 e. The Hall–Kier alpha value is -3.51. The van der Waals surface area contributed by atoms with E-state index in [2.05, 4.69) is 28.9 Å². The Bertz CT molecular complexity index is 1280. The van der Waals surface area contributed by atoms with Crippen molar-refractivity contribution in [2.24, 2.45) is 0 Å². The van der Waals surface area contributed by atoms with Gasteiger partial charge in [-0.25, -0.2) is 4.79 Å². The molecule has 0 aliphatic rings. The van der Waals surface area contributed by atoms with Crippen molar-refractivity contribution in [3.8, 4) is 0 Å². The molecule has 152 valence electrons. The molecule has 0 bridgehead atoms. The minimum Gasteiger partial charge on any atom is -0.452 e. The summed E-state index contributed by atoms with van der Waals surface area (Å²) in [5, 5.41) is 5.31. The number of rotatable bonds is 5. The number of nitrogen functional groups attached to an aromatic ring is 1. The molecule has 6 nitrogen and oxygen atoms in total. The average Bonchev–Trinajstić information content (AvgIpc) is 3.07. The summed E-state index contributed by atoms with van der Waals surface area (Å²) in [7, 11) is 0. The number of benzene rings is 3. The minimum absolute atomic E-state index is 0.235. The van der Waals surface area contributed by atoms with Crippen molar-refractivity contribution < 1.29 is 14.3 Å². The highest BCUT2D eigenvalue weighted by molar-refractivity contribution is 6.33. The number of ether oxygens (including phenoxy) is 1. The second-order valence-electron chi connectivity index (χ2n) is 6.85. The van der Waals surface area contributed by atoms with Crippen LogP contribution >= 0.6 is 11.6 Å². The van der Waals surface area contributed by atoms with Crippen LogP contribution in [0, 0.1) is 0 Å². The van der Waals surface area contributed by atoms with Crippen molar-refractivity contribution in [2.45, 2.75) is 13.5 Å². The Morgan fingerprint density at radius 2 is 1.80 bits per heavy atom. The van der Waals surface area contributed by atoms with E-state index in [4.69, 9.17) is 22.1 Å². The molecule has 0 atom stereocenters. The highest BCUT2D eigenvalue weighted by Crippen LogP contribution is 2.31. The number of nitrogens with one attached hydrogen (secondary N) is 1. The van der Waals surface area contributed by atoms with Crippen molar-refractivity contribution in [1.29, 1.82) is 0 Å². The van der Waals surface area contributed by atoms with Gasteiger partial charge in [-0.1, -0.05) is 29.8 Å². The summed E-state index contributed by atoms with van der Waals surface area (Å²) in [5.41, 5.74) is 9.09. The van der Waals surface area contributed by atoms with Gasteiger partial charge in [0.25, 0.3) is 5.91 Å². The van der Waals surface area contributed by atoms with Gasteiger partial charge >= 0.3 is 5.97 Å². The highest BCUT2D eigenvalue weighted by atomic mass is 35.5. The molecule has 1 heterocycles. The molecular formula is C23H20ClN3O3. The number of anilines is 2. The van der Waals surface area contributed by atoms with Gasteiger partial charge in [0.15, 0.2) is 6.61 Å². The molecule has 3 aromatic carbocycles. The van der Waals surface area contributed by atoms with Crippen molar-refractivity contribution in [3.63, 3.8) is 0 Å². The SMILES string of the molecule is CCn1c2ccccc2c2cc(NC(=O)COC(=O)c3ccc(Cl)c(N)c3)ccc21. The molecule has 7 heteroatoms. The predicted molar refractivity (Wildman–Crippen MR) is 120 cm³/mol. The number of esters is 1. The van der Waals surface area contributed by atoms with E-state index < -0.39 is 18.5 Å². The first-order valence-corrected chi connectivity index (χ1v) is 9.88. The van der Waals surface area contributed by atoms with E-state index in [0.717, 1.165) is 28.4 Å². The highest BCUT2D eigenvalue weighted by Gasteiger charge is 2.13. The van der Waals surface area contributed by atoms with Crippen LogP contribution in [0.4, 0.5) is 11.4 Å². The molecular weight excluding hydrogens is 402 g/mol. The minimum atomic E-state index is -0.644. The van der Waals surface area contributed by atoms with Gasteiger partial charge in [0, 0.05) is 34.0 Å². The normalized spacial score (nSPS) is 11.0. The number of carbonyl (C=O) groups is 2. The number of aromatic nitrogens is 1. The van der Waals surface area contributed by atoms with E-state index in [1.807, 2.05) is 30.3 Å². The summed E-state index contributed by atoms with van der Waals surface area (Å²) in [5.74, 6) is -1.07. The van der Waals surface area contributed by atoms with E-state index in [1.165, 1.54) is 18.2 Å². The lowest BCUT2D eigenvalue weighted by Crippen LogP contribution is -2.21. The maximum Gasteiger partial charge on any atom is 0.338 e. The van der Waals surface area contributed by atoms with Crippen molar-refractivity contribution in [2.75, 3.05) is 17.7 Å². The number of para-hydroxylation sites is 1. The van der Waals surface area contributed by atoms with Crippen LogP contribution in [-0.2, 0) is 16.1 Å². The molecule has 0 saturated carbocycles. The Morgan fingerprint density at radius 1 is 1.03 bits per heavy atom. The number of nitrogens with zero attached hydrogens (tertiary/aromatic N) is 1. The number of amides is 1. The zero-order valence-electron chi connectivity index (χ0n) is 16.3. The number of fused-ring (bicyclic) bond motifs is 3. The molecule has 0 aliphatic carbocycles. The first-order valence-electron chi connectivity index (χ1n) is 9.51. The van der Waals surface area contributed by atoms with E-state index in [1.54, 1.807) is 0 Å². The van der Waals surface area contributed by atoms with Crippen LogP contribution in [0.2, 0.25) is 5.02 Å². The summed E-state index contributed by atoms with van der Waals surface area (Å²) < 4.78 is 7.31. The summed E-state index contributed by atoms with van der Waals surface area (Å²) in [6.45, 7) is 2.54. The monoisotopic (exact) mass is 421 g/mol. The number of carbonyl (C=O) groups excluding carboxylic acids is 2. The quantitative estimate of drug-likeness (QED) is 0.356. The Labute approximate surface area is 178 Å². The smallest absolute Gasteiger partial charge is 0.338 e. The van der Waals surface area contributed by atoms with Gasteiger partial charge in [0.2, 0.25) is 0 Å². The number of halogens is 1. The van der Waals surface area contributed by atoms with Crippen LogP contribution in [0.3, 0.4) is 0 Å². The van der Waals surface area contributed by atoms with E-state index >= 15 is 0 Å². The lowest BCUT2D eigenvalue weighted by Gasteiger charge is -2.08. The number of hydrogen-bond acceptors (Lipinski definition) is 4. The topological polar surface area (TPSA) is 86.4 Å². The van der Waals surface area contributed by atoms with Gasteiger partial charge in [-0.2, -0.15) is 0 Å². The van der Waals surface area contributed by atoms with Crippen LogP contribution < -0.4 is 11.1 Å². The number of nitrogens with two attached hydrogens (primary N) is 1. The van der Waals surface area contributed by atoms with Gasteiger partial charge in [0.05, 0.1) is 16.3 Å². The molecule has 3 N–H and O–H groups in total. The predicted octanol–water partition coefficient (Wildman–Crippen LogP) is 4.85. The molecule has 0 saturated heterocycles. The second kappa shape index (κ2) is 8.08. The lowest BCUT2D eigenvalue weighted by atomic mass is 10.1. The number of aryl methyl sites for hydroxylation is 1. The van der Waals surface area contributed by atoms with Crippen molar-refractivity contribution in [3.05, 3.63) is 71.2 Å². The third kappa shape index (κ3) is 3.69. The van der Waals surface area contributed by atoms with Crippen molar-refractivity contribution >= 4 is 56.7 Å². The molecule has 30 heavy (non-hydrogen) atoms. The molecule has 1 amide bonds. The molecule has 4 aromatic rings. The molecule has 1 aromatic heterocycles. The van der Waals surface area contributed by atoms with E-state index in [-0.39, 0.29) is 11.3 Å². The molecule has 4 rings (SSSR count). The number of hydrogen-bond donors (Lipinski definition) is 2. The Morgan fingerprint density at radius 3 is 2.57 bits per heavy atom. The van der Waals surface area contributed by atoms with Crippen LogP contribution in [0.5, 0.6) is 0 Å². The van der Waals surface area contributed by atoms with Crippen LogP contribution in [-0.4, -0.2) is 23.1 Å². The standard InChI is InChI=1S/C23H20ClN3O3/c1-2-27-20-6-4-3-5-16(20)17-12-15(8-10-21(17)27)26-22(28)13-30-23(29)14-7-9-18(24)19(25)11-14/h3-12H,2,13,25H2,1H3,(H,26,28). The Balaban J connectivity index is 1.48. The Kier molecular flexibility index (Phi) is 5.33. The summed E-state index contributed by atoms with van der Waals surface area (Å²) in [6, 6.07) is 18.3. The molecule has 0 unspecified atom stereocenters. The third-order valence-electron chi connectivity index (χ3n) is 4.94. The van der Waals surface area contributed by atoms with E-state index in [0.29, 0.717) is 10.7 Å². The maximum absolute atomic E-state index is 12.3. The van der Waals surface area contributed by atoms with Gasteiger partial charge in [-0.15, -0.1) is 0 Å². The van der Waals surface area contributed by atoms with Gasteiger partial charge in [-0.05, 0) is 49.4 Å². The summed E-state index contributed by atoms with van der Waals surface area (Å²) in [4.78, 5) is 24.4. The molecule has 0 spiro atoms. The third-order valence-corrected chi connectivity index (χ3v) is 5.28. The van der Waals surface area contributed by atoms with Crippen LogP contribution in [0.25, 0.3) is 21.8 Å². The molecule has 0 aliphatic heterocycles. The summed E-state index contributed by atoms with van der Waals surface area (Å²) >= 11 is 5.85. The first kappa shape index (κ1) is 19.8. The fourth-order valence-electron chi connectivity index (χ4n) is 3.55. The van der Waals surface area contributed by atoms with Crippen molar-refractivity contribution in [1.82, 2.24) is 4.57 Å². The summed E-state index contributed by atoms with van der Waals surface area (Å²) in [6.07, 6.45) is 0. The fraction of sp³-hybridized carbons (Fsp3) is 0.130. The zero-order valence-corrected chi connectivity index (χ0v) is 17.1. The second-order valence-corrected chi connectivity index (χ2v) is 7.26. The lowest BCUT2D eigenvalue weighted by molar-refractivity contribution is -0.119. The molecule has 0 radical (unpaired) electrons. The van der Waals surface area contributed by atoms with E-state index in [9.17, 15) is 9.59 Å². The molecule has 0 fully saturated rings. The van der Waals surface area contributed by atoms with Gasteiger partial charge in [0.1, 0.15) is 0 Å².